The minimum atomic E-state index is -0.330. The van der Waals surface area contributed by atoms with Crippen molar-refractivity contribution in [3.8, 4) is 0 Å². The molecule has 14 heavy (non-hydrogen) atoms. The lowest BCUT2D eigenvalue weighted by Gasteiger charge is -2.34. The third kappa shape index (κ3) is 1.55. The minimum Gasteiger partial charge on any atom is -0.393 e. The molecule has 0 atom stereocenters. The highest BCUT2D eigenvalue weighted by molar-refractivity contribution is 5.20. The zero-order valence-electron chi connectivity index (χ0n) is 8.45. The van der Waals surface area contributed by atoms with Crippen molar-refractivity contribution < 1.29 is 5.11 Å². The number of imidazole rings is 1. The summed E-state index contributed by atoms with van der Waals surface area (Å²) in [5.74, 6) is 0. The van der Waals surface area contributed by atoms with Crippen molar-refractivity contribution in [1.29, 1.82) is 0 Å². The molecule has 1 aliphatic carbocycles. The predicted octanol–water partition coefficient (Wildman–Crippen LogP) is 0.807. The Labute approximate surface area is 83.5 Å². The summed E-state index contributed by atoms with van der Waals surface area (Å²) in [6.07, 6.45) is 4.71. The Morgan fingerprint density at radius 2 is 2.21 bits per heavy atom. The number of aliphatic hydroxyl groups excluding tert-OH is 1. The van der Waals surface area contributed by atoms with Crippen LogP contribution in [0.15, 0.2) is 6.33 Å². The number of aryl methyl sites for hydroxylation is 1. The van der Waals surface area contributed by atoms with E-state index in [1.807, 2.05) is 6.92 Å². The number of nitrogens with two attached hydrogens (primary N) is 1. The van der Waals surface area contributed by atoms with Gasteiger partial charge < -0.3 is 15.8 Å². The van der Waals surface area contributed by atoms with Crippen molar-refractivity contribution in [2.75, 3.05) is 0 Å². The molecule has 4 N–H and O–H groups in total. The summed E-state index contributed by atoms with van der Waals surface area (Å²) in [7, 11) is 0. The summed E-state index contributed by atoms with van der Waals surface area (Å²) < 4.78 is 0. The topological polar surface area (TPSA) is 74.9 Å². The number of aromatic amines is 1. The Bertz CT molecular complexity index is 313. The SMILES string of the molecule is Cc1[nH]cnc1C1(N)CCC(O)CC1. The van der Waals surface area contributed by atoms with Gasteiger partial charge in [-0.05, 0) is 32.6 Å². The van der Waals surface area contributed by atoms with Gasteiger partial charge in [-0.3, -0.25) is 0 Å². The minimum absolute atomic E-state index is 0.175. The second-order valence-electron chi connectivity index (χ2n) is 4.26. The molecule has 4 heteroatoms. The van der Waals surface area contributed by atoms with E-state index in [9.17, 15) is 5.11 Å². The van der Waals surface area contributed by atoms with Gasteiger partial charge in [0, 0.05) is 5.69 Å². The molecular formula is C10H17N3O. The fraction of sp³-hybridized carbons (Fsp3) is 0.700. The van der Waals surface area contributed by atoms with Gasteiger partial charge in [0.05, 0.1) is 23.7 Å². The molecule has 0 saturated heterocycles. The van der Waals surface area contributed by atoms with Crippen molar-refractivity contribution in [2.45, 2.75) is 44.2 Å². The van der Waals surface area contributed by atoms with Crippen LogP contribution in [0.3, 0.4) is 0 Å². The van der Waals surface area contributed by atoms with Crippen LogP contribution in [0.2, 0.25) is 0 Å². The van der Waals surface area contributed by atoms with E-state index in [1.165, 1.54) is 0 Å². The number of hydrogen-bond acceptors (Lipinski definition) is 3. The molecule has 1 fully saturated rings. The molecule has 1 aromatic heterocycles. The van der Waals surface area contributed by atoms with E-state index in [4.69, 9.17) is 5.73 Å². The maximum absolute atomic E-state index is 9.42. The molecule has 1 aliphatic rings. The number of H-pyrrole nitrogens is 1. The highest BCUT2D eigenvalue weighted by atomic mass is 16.3. The van der Waals surface area contributed by atoms with Crippen LogP contribution in [0.1, 0.15) is 37.1 Å². The van der Waals surface area contributed by atoms with Crippen LogP contribution in [0.25, 0.3) is 0 Å². The first kappa shape index (κ1) is 9.68. The third-order valence-electron chi connectivity index (χ3n) is 3.15. The van der Waals surface area contributed by atoms with Crippen molar-refractivity contribution in [2.24, 2.45) is 5.73 Å². The van der Waals surface area contributed by atoms with Crippen molar-refractivity contribution >= 4 is 0 Å². The van der Waals surface area contributed by atoms with Gasteiger partial charge in [-0.1, -0.05) is 0 Å². The zero-order valence-corrected chi connectivity index (χ0v) is 8.45. The van der Waals surface area contributed by atoms with Gasteiger partial charge >= 0.3 is 0 Å². The van der Waals surface area contributed by atoms with E-state index in [0.717, 1.165) is 37.1 Å². The van der Waals surface area contributed by atoms with Crippen LogP contribution in [-0.4, -0.2) is 21.2 Å². The summed E-state index contributed by atoms with van der Waals surface area (Å²) in [6, 6.07) is 0. The molecule has 1 saturated carbocycles. The molecule has 4 nitrogen and oxygen atoms in total. The van der Waals surface area contributed by atoms with E-state index in [0.29, 0.717) is 0 Å². The Kier molecular flexibility index (Phi) is 2.33. The molecular weight excluding hydrogens is 178 g/mol. The number of aliphatic hydroxyl groups is 1. The van der Waals surface area contributed by atoms with Gasteiger partial charge in [0.15, 0.2) is 0 Å². The number of hydrogen-bond donors (Lipinski definition) is 3. The van der Waals surface area contributed by atoms with Crippen LogP contribution in [0.5, 0.6) is 0 Å². The zero-order chi connectivity index (χ0) is 10.2. The van der Waals surface area contributed by atoms with Gasteiger partial charge in [-0.25, -0.2) is 4.98 Å². The number of rotatable bonds is 1. The maximum Gasteiger partial charge on any atom is 0.0926 e. The van der Waals surface area contributed by atoms with E-state index >= 15 is 0 Å². The smallest absolute Gasteiger partial charge is 0.0926 e. The first-order chi connectivity index (χ1) is 6.62. The molecule has 0 bridgehead atoms. The fourth-order valence-corrected chi connectivity index (χ4v) is 2.22. The second-order valence-corrected chi connectivity index (χ2v) is 4.26. The predicted molar refractivity (Wildman–Crippen MR) is 53.7 cm³/mol. The van der Waals surface area contributed by atoms with Gasteiger partial charge in [0.25, 0.3) is 0 Å². The van der Waals surface area contributed by atoms with Crippen LogP contribution < -0.4 is 5.73 Å². The fourth-order valence-electron chi connectivity index (χ4n) is 2.22. The molecule has 2 rings (SSSR count). The lowest BCUT2D eigenvalue weighted by molar-refractivity contribution is 0.0955. The quantitative estimate of drug-likeness (QED) is 0.620. The Balaban J connectivity index is 2.21. The van der Waals surface area contributed by atoms with Crippen LogP contribution in [0.4, 0.5) is 0 Å². The summed E-state index contributed by atoms with van der Waals surface area (Å²) in [4.78, 5) is 7.32. The highest BCUT2D eigenvalue weighted by Gasteiger charge is 2.35. The van der Waals surface area contributed by atoms with E-state index < -0.39 is 0 Å². The Morgan fingerprint density at radius 1 is 1.57 bits per heavy atom. The molecule has 0 aliphatic heterocycles. The third-order valence-corrected chi connectivity index (χ3v) is 3.15. The summed E-state index contributed by atoms with van der Waals surface area (Å²) in [5.41, 5.74) is 7.97. The van der Waals surface area contributed by atoms with Crippen molar-refractivity contribution in [3.05, 3.63) is 17.7 Å². The second kappa shape index (κ2) is 3.37. The van der Waals surface area contributed by atoms with Crippen molar-refractivity contribution in [3.63, 3.8) is 0 Å². The molecule has 0 radical (unpaired) electrons. The van der Waals surface area contributed by atoms with Gasteiger partial charge in [-0.15, -0.1) is 0 Å². The maximum atomic E-state index is 9.42. The first-order valence-electron chi connectivity index (χ1n) is 5.09. The van der Waals surface area contributed by atoms with Crippen LogP contribution >= 0.6 is 0 Å². The summed E-state index contributed by atoms with van der Waals surface area (Å²) in [6.45, 7) is 1.99. The van der Waals surface area contributed by atoms with Gasteiger partial charge in [0.2, 0.25) is 0 Å². The number of aromatic nitrogens is 2. The number of nitrogens with one attached hydrogen (secondary N) is 1. The summed E-state index contributed by atoms with van der Waals surface area (Å²) >= 11 is 0. The van der Waals surface area contributed by atoms with Crippen LogP contribution in [-0.2, 0) is 5.54 Å². The first-order valence-corrected chi connectivity index (χ1v) is 5.09. The molecule has 0 unspecified atom stereocenters. The Morgan fingerprint density at radius 3 is 2.71 bits per heavy atom. The Hall–Kier alpha value is -0.870. The monoisotopic (exact) mass is 195 g/mol. The standard InChI is InChI=1S/C10H17N3O/c1-7-9(13-6-12-7)10(11)4-2-8(14)3-5-10/h6,8,14H,2-5,11H2,1H3,(H,12,13). The molecule has 1 heterocycles. The average molecular weight is 195 g/mol. The molecule has 1 aromatic rings. The lowest BCUT2D eigenvalue weighted by Crippen LogP contribution is -2.42. The number of nitrogens with zero attached hydrogens (tertiary/aromatic N) is 1. The highest BCUT2D eigenvalue weighted by Crippen LogP contribution is 2.34. The summed E-state index contributed by atoms with van der Waals surface area (Å²) in [5, 5.41) is 9.42. The van der Waals surface area contributed by atoms with Gasteiger partial charge in [0.1, 0.15) is 0 Å². The lowest BCUT2D eigenvalue weighted by atomic mass is 9.78. The van der Waals surface area contributed by atoms with Crippen LogP contribution in [0, 0.1) is 6.92 Å². The van der Waals surface area contributed by atoms with E-state index in [2.05, 4.69) is 9.97 Å². The van der Waals surface area contributed by atoms with Crippen molar-refractivity contribution in [1.82, 2.24) is 9.97 Å². The average Bonchev–Trinajstić information content (AvgIpc) is 2.58. The van der Waals surface area contributed by atoms with Gasteiger partial charge in [-0.2, -0.15) is 0 Å². The molecule has 78 valence electrons. The molecule has 0 aromatic carbocycles. The molecule has 0 spiro atoms. The largest absolute Gasteiger partial charge is 0.393 e. The normalized spacial score (nSPS) is 33.2. The molecule has 0 amide bonds. The van der Waals surface area contributed by atoms with E-state index in [1.54, 1.807) is 6.33 Å². The van der Waals surface area contributed by atoms with E-state index in [-0.39, 0.29) is 11.6 Å².